The van der Waals surface area contributed by atoms with Crippen LogP contribution in [0, 0.1) is 0 Å². The number of aliphatic hydroxyl groups is 1. The number of hydrogen-bond acceptors (Lipinski definition) is 4. The lowest BCUT2D eigenvalue weighted by Crippen LogP contribution is -2.28. The Morgan fingerprint density at radius 2 is 2.57 bits per heavy atom. The molecule has 4 heteroatoms. The van der Waals surface area contributed by atoms with Crippen molar-refractivity contribution in [3.8, 4) is 5.75 Å². The number of hydrogen-bond donors (Lipinski definition) is 2. The summed E-state index contributed by atoms with van der Waals surface area (Å²) in [5.41, 5.74) is 0. The summed E-state index contributed by atoms with van der Waals surface area (Å²) in [6, 6.07) is 3.97. The molecule has 0 aromatic carbocycles. The first kappa shape index (κ1) is 9.43. The molecule has 4 nitrogen and oxygen atoms in total. The second-order valence-corrected chi connectivity index (χ2v) is 3.49. The number of nitrogens with zero attached hydrogens (tertiary/aromatic N) is 1. The zero-order valence-corrected chi connectivity index (χ0v) is 7.89. The van der Waals surface area contributed by atoms with E-state index in [4.69, 9.17) is 4.74 Å². The Balaban J connectivity index is 1.78. The quantitative estimate of drug-likeness (QED) is 0.721. The molecule has 0 amide bonds. The Morgan fingerprint density at radius 1 is 1.64 bits per heavy atom. The van der Waals surface area contributed by atoms with Crippen LogP contribution in [0.25, 0.3) is 0 Å². The number of β-amino-alcohol motifs (C(OH)–C–C–N with tert-alkyl or cyclic N) is 1. The van der Waals surface area contributed by atoms with Gasteiger partial charge in [-0.05, 0) is 18.6 Å². The molecule has 0 bridgehead atoms. The lowest BCUT2D eigenvalue weighted by Gasteiger charge is -2.11. The summed E-state index contributed by atoms with van der Waals surface area (Å²) in [4.78, 5) is 3.95. The van der Waals surface area contributed by atoms with E-state index in [2.05, 4.69) is 10.3 Å². The molecule has 1 fully saturated rings. The predicted octanol–water partition coefficient (Wildman–Crippen LogP) is 0.183. The highest BCUT2D eigenvalue weighted by molar-refractivity contribution is 5.15. The van der Waals surface area contributed by atoms with Crippen LogP contribution in [0.4, 0.5) is 0 Å². The van der Waals surface area contributed by atoms with E-state index in [1.165, 1.54) is 0 Å². The van der Waals surface area contributed by atoms with Crippen molar-refractivity contribution in [2.45, 2.75) is 18.6 Å². The highest BCUT2D eigenvalue weighted by atomic mass is 16.5. The largest absolute Gasteiger partial charge is 0.490 e. The van der Waals surface area contributed by atoms with Crippen molar-refractivity contribution >= 4 is 0 Å². The van der Waals surface area contributed by atoms with Gasteiger partial charge in [0.25, 0.3) is 0 Å². The molecule has 0 aliphatic carbocycles. The van der Waals surface area contributed by atoms with E-state index in [1.54, 1.807) is 12.4 Å². The van der Waals surface area contributed by atoms with Gasteiger partial charge in [0.1, 0.15) is 12.4 Å². The van der Waals surface area contributed by atoms with E-state index >= 15 is 0 Å². The average molecular weight is 194 g/mol. The third-order valence-corrected chi connectivity index (χ3v) is 2.28. The van der Waals surface area contributed by atoms with Gasteiger partial charge in [0.15, 0.2) is 0 Å². The van der Waals surface area contributed by atoms with Gasteiger partial charge in [-0.3, -0.25) is 4.98 Å². The minimum Gasteiger partial charge on any atom is -0.490 e. The van der Waals surface area contributed by atoms with Gasteiger partial charge >= 0.3 is 0 Å². The molecule has 1 aliphatic heterocycles. The average Bonchev–Trinajstić information content (AvgIpc) is 2.63. The summed E-state index contributed by atoms with van der Waals surface area (Å²) in [6.45, 7) is 1.25. The number of ether oxygens (including phenoxy) is 1. The van der Waals surface area contributed by atoms with Crippen molar-refractivity contribution in [2.75, 3.05) is 13.2 Å². The van der Waals surface area contributed by atoms with Gasteiger partial charge < -0.3 is 15.2 Å². The van der Waals surface area contributed by atoms with Crippen LogP contribution in [-0.2, 0) is 0 Å². The minimum absolute atomic E-state index is 0.225. The SMILES string of the molecule is OC1CNC(COc2cccnc2)C1. The van der Waals surface area contributed by atoms with Crippen LogP contribution in [0.3, 0.4) is 0 Å². The van der Waals surface area contributed by atoms with Gasteiger partial charge in [0.2, 0.25) is 0 Å². The Labute approximate surface area is 82.9 Å². The molecule has 76 valence electrons. The van der Waals surface area contributed by atoms with Crippen LogP contribution in [0.1, 0.15) is 6.42 Å². The summed E-state index contributed by atoms with van der Waals surface area (Å²) in [5, 5.41) is 12.4. The molecule has 2 N–H and O–H groups in total. The molecule has 1 aromatic rings. The number of aromatic nitrogens is 1. The van der Waals surface area contributed by atoms with Crippen molar-refractivity contribution in [3.05, 3.63) is 24.5 Å². The Morgan fingerprint density at radius 3 is 3.21 bits per heavy atom. The normalized spacial score (nSPS) is 26.4. The molecule has 14 heavy (non-hydrogen) atoms. The van der Waals surface area contributed by atoms with Crippen molar-refractivity contribution < 1.29 is 9.84 Å². The second kappa shape index (κ2) is 4.39. The predicted molar refractivity (Wildman–Crippen MR) is 52.1 cm³/mol. The van der Waals surface area contributed by atoms with E-state index in [-0.39, 0.29) is 12.1 Å². The third kappa shape index (κ3) is 2.43. The first-order valence-corrected chi connectivity index (χ1v) is 4.79. The van der Waals surface area contributed by atoms with E-state index in [1.807, 2.05) is 12.1 Å². The van der Waals surface area contributed by atoms with E-state index < -0.39 is 0 Å². The minimum atomic E-state index is -0.225. The molecular weight excluding hydrogens is 180 g/mol. The Kier molecular flexibility index (Phi) is 2.96. The maximum absolute atomic E-state index is 9.27. The van der Waals surface area contributed by atoms with Crippen molar-refractivity contribution in [1.82, 2.24) is 10.3 Å². The smallest absolute Gasteiger partial charge is 0.137 e. The van der Waals surface area contributed by atoms with E-state index in [0.717, 1.165) is 12.2 Å². The van der Waals surface area contributed by atoms with Crippen LogP contribution in [-0.4, -0.2) is 35.4 Å². The van der Waals surface area contributed by atoms with Crippen molar-refractivity contribution in [2.24, 2.45) is 0 Å². The van der Waals surface area contributed by atoms with Gasteiger partial charge in [0, 0.05) is 18.8 Å². The van der Waals surface area contributed by atoms with Crippen molar-refractivity contribution in [3.63, 3.8) is 0 Å². The molecule has 1 aliphatic rings. The molecule has 1 aromatic heterocycles. The van der Waals surface area contributed by atoms with Crippen LogP contribution < -0.4 is 10.1 Å². The molecular formula is C10H14N2O2. The standard InChI is InChI=1S/C10H14N2O2/c13-9-4-8(12-5-9)7-14-10-2-1-3-11-6-10/h1-3,6,8-9,12-13H,4-5,7H2. The maximum atomic E-state index is 9.27. The first-order chi connectivity index (χ1) is 6.84. The molecule has 1 saturated heterocycles. The van der Waals surface area contributed by atoms with Crippen LogP contribution in [0.5, 0.6) is 5.75 Å². The zero-order valence-electron chi connectivity index (χ0n) is 7.89. The summed E-state index contributed by atoms with van der Waals surface area (Å²) in [5.74, 6) is 0.774. The summed E-state index contributed by atoms with van der Waals surface area (Å²) in [7, 11) is 0. The number of aliphatic hydroxyl groups excluding tert-OH is 1. The van der Waals surface area contributed by atoms with Gasteiger partial charge in [-0.25, -0.2) is 0 Å². The highest BCUT2D eigenvalue weighted by Gasteiger charge is 2.22. The van der Waals surface area contributed by atoms with Crippen LogP contribution >= 0.6 is 0 Å². The molecule has 2 unspecified atom stereocenters. The first-order valence-electron chi connectivity index (χ1n) is 4.79. The Hall–Kier alpha value is -1.13. The molecule has 0 radical (unpaired) electrons. The van der Waals surface area contributed by atoms with E-state index in [9.17, 15) is 5.11 Å². The Bertz CT molecular complexity index is 279. The summed E-state index contributed by atoms with van der Waals surface area (Å²) in [6.07, 6.45) is 3.94. The van der Waals surface area contributed by atoms with Crippen molar-refractivity contribution in [1.29, 1.82) is 0 Å². The molecule has 0 spiro atoms. The summed E-state index contributed by atoms with van der Waals surface area (Å²) >= 11 is 0. The summed E-state index contributed by atoms with van der Waals surface area (Å²) < 4.78 is 5.50. The fourth-order valence-corrected chi connectivity index (χ4v) is 1.55. The van der Waals surface area contributed by atoms with E-state index in [0.29, 0.717) is 13.2 Å². The molecule has 2 heterocycles. The van der Waals surface area contributed by atoms with Gasteiger partial charge in [-0.2, -0.15) is 0 Å². The lowest BCUT2D eigenvalue weighted by molar-refractivity contribution is 0.187. The maximum Gasteiger partial charge on any atom is 0.137 e. The fraction of sp³-hybridized carbons (Fsp3) is 0.500. The number of nitrogens with one attached hydrogen (secondary N) is 1. The van der Waals surface area contributed by atoms with Gasteiger partial charge in [0.05, 0.1) is 12.3 Å². The zero-order chi connectivity index (χ0) is 9.80. The van der Waals surface area contributed by atoms with Gasteiger partial charge in [-0.1, -0.05) is 0 Å². The van der Waals surface area contributed by atoms with Crippen LogP contribution in [0.2, 0.25) is 0 Å². The third-order valence-electron chi connectivity index (χ3n) is 2.28. The molecule has 2 atom stereocenters. The van der Waals surface area contributed by atoms with Gasteiger partial charge in [-0.15, -0.1) is 0 Å². The number of rotatable bonds is 3. The molecule has 0 saturated carbocycles. The fourth-order valence-electron chi connectivity index (χ4n) is 1.55. The lowest BCUT2D eigenvalue weighted by atomic mass is 10.2. The highest BCUT2D eigenvalue weighted by Crippen LogP contribution is 2.10. The topological polar surface area (TPSA) is 54.4 Å². The second-order valence-electron chi connectivity index (χ2n) is 3.49. The van der Waals surface area contributed by atoms with Crippen LogP contribution in [0.15, 0.2) is 24.5 Å². The number of pyridine rings is 1. The monoisotopic (exact) mass is 194 g/mol. The molecule has 2 rings (SSSR count).